The number of nitrogens with zero attached hydrogens (tertiary/aromatic N) is 1. The maximum atomic E-state index is 6.29. The first-order valence-electron chi connectivity index (χ1n) is 7.60. The third-order valence-electron chi connectivity index (χ3n) is 4.14. The Morgan fingerprint density at radius 1 is 0.818 bits per heavy atom. The Labute approximate surface area is 129 Å². The summed E-state index contributed by atoms with van der Waals surface area (Å²) in [6.07, 6.45) is 3.82. The lowest BCUT2D eigenvalue weighted by Crippen LogP contribution is -1.88. The maximum Gasteiger partial charge on any atom is 0.143 e. The van der Waals surface area contributed by atoms with Gasteiger partial charge in [-0.15, -0.1) is 0 Å². The largest absolute Gasteiger partial charge is 0.455 e. The minimum absolute atomic E-state index is 0.386. The maximum absolute atomic E-state index is 6.29. The molecule has 0 aliphatic heterocycles. The van der Waals surface area contributed by atoms with Crippen molar-refractivity contribution in [1.82, 2.24) is 4.98 Å². The van der Waals surface area contributed by atoms with Gasteiger partial charge in [0.2, 0.25) is 0 Å². The second kappa shape index (κ2) is 4.99. The number of pyridine rings is 1. The fourth-order valence-corrected chi connectivity index (χ4v) is 2.99. The summed E-state index contributed by atoms with van der Waals surface area (Å²) in [5, 5.41) is 2.23. The van der Waals surface area contributed by atoms with Gasteiger partial charge in [0.1, 0.15) is 11.2 Å². The Kier molecular flexibility index (Phi) is 2.97. The van der Waals surface area contributed by atoms with Crippen molar-refractivity contribution in [2.24, 2.45) is 0 Å². The molecular weight excluding hydrogens is 270 g/mol. The van der Waals surface area contributed by atoms with E-state index in [2.05, 4.69) is 61.3 Å². The molecule has 2 aromatic heterocycles. The molecule has 0 saturated heterocycles. The number of furan rings is 1. The van der Waals surface area contributed by atoms with Crippen LogP contribution in [-0.2, 0) is 0 Å². The summed E-state index contributed by atoms with van der Waals surface area (Å²) in [7, 11) is 0. The lowest BCUT2D eigenvalue weighted by atomic mass is 10.0. The number of fused-ring (bicyclic) bond motifs is 3. The van der Waals surface area contributed by atoms with E-state index in [1.165, 1.54) is 5.56 Å². The van der Waals surface area contributed by atoms with E-state index in [4.69, 9.17) is 4.42 Å². The molecule has 0 radical (unpaired) electrons. The molecule has 2 nitrogen and oxygen atoms in total. The van der Waals surface area contributed by atoms with Crippen molar-refractivity contribution in [1.29, 1.82) is 0 Å². The van der Waals surface area contributed by atoms with Gasteiger partial charge < -0.3 is 4.42 Å². The minimum Gasteiger partial charge on any atom is -0.455 e. The van der Waals surface area contributed by atoms with E-state index in [-0.39, 0.29) is 0 Å². The van der Waals surface area contributed by atoms with Crippen molar-refractivity contribution in [2.75, 3.05) is 0 Å². The van der Waals surface area contributed by atoms with Crippen LogP contribution < -0.4 is 0 Å². The first kappa shape index (κ1) is 13.1. The first-order chi connectivity index (χ1) is 10.8. The molecule has 0 spiro atoms. The lowest BCUT2D eigenvalue weighted by Gasteiger charge is -2.04. The van der Waals surface area contributed by atoms with Gasteiger partial charge in [0, 0.05) is 34.3 Å². The molecule has 2 heterocycles. The van der Waals surface area contributed by atoms with Gasteiger partial charge in [-0.25, -0.2) is 0 Å². The van der Waals surface area contributed by atoms with E-state index in [0.717, 1.165) is 33.1 Å². The molecule has 0 aliphatic carbocycles. The van der Waals surface area contributed by atoms with Crippen LogP contribution in [0.15, 0.2) is 65.3 Å². The quantitative estimate of drug-likeness (QED) is 0.467. The molecule has 0 fully saturated rings. The summed E-state index contributed by atoms with van der Waals surface area (Å²) >= 11 is 0. The zero-order valence-electron chi connectivity index (χ0n) is 12.7. The van der Waals surface area contributed by atoms with Crippen LogP contribution in [0.3, 0.4) is 0 Å². The second-order valence-electron chi connectivity index (χ2n) is 5.91. The van der Waals surface area contributed by atoms with Crippen molar-refractivity contribution in [3.8, 4) is 11.1 Å². The fraction of sp³-hybridized carbons (Fsp3) is 0.150. The molecule has 4 aromatic rings. The number of aromatic nitrogens is 1. The predicted octanol–water partition coefficient (Wildman–Crippen LogP) is 5.77. The smallest absolute Gasteiger partial charge is 0.143 e. The highest BCUT2D eigenvalue weighted by Gasteiger charge is 2.15. The van der Waals surface area contributed by atoms with Crippen LogP contribution in [0, 0.1) is 0 Å². The fourth-order valence-electron chi connectivity index (χ4n) is 2.99. The molecule has 108 valence electrons. The molecule has 2 heteroatoms. The Hall–Kier alpha value is -2.61. The Morgan fingerprint density at radius 2 is 1.64 bits per heavy atom. The van der Waals surface area contributed by atoms with E-state index in [0.29, 0.717) is 5.92 Å². The zero-order valence-corrected chi connectivity index (χ0v) is 12.7. The molecule has 0 N–H and O–H groups in total. The van der Waals surface area contributed by atoms with E-state index in [1.807, 2.05) is 18.5 Å². The monoisotopic (exact) mass is 287 g/mol. The van der Waals surface area contributed by atoms with E-state index < -0.39 is 0 Å². The van der Waals surface area contributed by atoms with Gasteiger partial charge in [-0.2, -0.15) is 0 Å². The van der Waals surface area contributed by atoms with Gasteiger partial charge in [-0.05, 0) is 11.5 Å². The third-order valence-corrected chi connectivity index (χ3v) is 4.14. The lowest BCUT2D eigenvalue weighted by molar-refractivity contribution is 0.657. The van der Waals surface area contributed by atoms with Crippen molar-refractivity contribution >= 4 is 21.9 Å². The van der Waals surface area contributed by atoms with Crippen LogP contribution in [0.5, 0.6) is 0 Å². The molecular formula is C20H17NO. The van der Waals surface area contributed by atoms with E-state index in [1.54, 1.807) is 0 Å². The summed E-state index contributed by atoms with van der Waals surface area (Å²) in [5.74, 6) is 0.386. The summed E-state index contributed by atoms with van der Waals surface area (Å²) in [5.41, 5.74) is 5.37. The van der Waals surface area contributed by atoms with Gasteiger partial charge >= 0.3 is 0 Å². The Bertz CT molecular complexity index is 951. The number of benzene rings is 2. The summed E-state index contributed by atoms with van der Waals surface area (Å²) in [6, 6.07) is 16.7. The normalized spacial score (nSPS) is 11.6. The van der Waals surface area contributed by atoms with Crippen molar-refractivity contribution in [2.45, 2.75) is 19.8 Å². The van der Waals surface area contributed by atoms with E-state index >= 15 is 0 Å². The van der Waals surface area contributed by atoms with Gasteiger partial charge in [0.05, 0.1) is 0 Å². The molecule has 0 bridgehead atoms. The highest BCUT2D eigenvalue weighted by Crippen LogP contribution is 2.37. The van der Waals surface area contributed by atoms with Gasteiger partial charge in [-0.3, -0.25) is 4.98 Å². The average Bonchev–Trinajstić information content (AvgIpc) is 2.94. The van der Waals surface area contributed by atoms with Crippen LogP contribution in [-0.4, -0.2) is 4.98 Å². The number of rotatable bonds is 2. The SMILES string of the molecule is CC(C)c1cncc2c1oc1c(-c3ccccc3)cccc12. The molecule has 0 atom stereocenters. The van der Waals surface area contributed by atoms with Crippen molar-refractivity contribution in [3.63, 3.8) is 0 Å². The molecule has 0 saturated carbocycles. The topological polar surface area (TPSA) is 26.0 Å². The number of hydrogen-bond donors (Lipinski definition) is 0. The van der Waals surface area contributed by atoms with Gasteiger partial charge in [-0.1, -0.05) is 62.4 Å². The molecule has 22 heavy (non-hydrogen) atoms. The van der Waals surface area contributed by atoms with Crippen LogP contribution >= 0.6 is 0 Å². The van der Waals surface area contributed by atoms with Crippen molar-refractivity contribution < 1.29 is 4.42 Å². The highest BCUT2D eigenvalue weighted by atomic mass is 16.3. The van der Waals surface area contributed by atoms with Crippen LogP contribution in [0.1, 0.15) is 25.3 Å². The number of hydrogen-bond acceptors (Lipinski definition) is 2. The van der Waals surface area contributed by atoms with Crippen LogP contribution in [0.2, 0.25) is 0 Å². The summed E-state index contributed by atoms with van der Waals surface area (Å²) in [4.78, 5) is 4.40. The standard InChI is InChI=1S/C20H17NO/c1-13(2)17-11-21-12-18-16-10-6-9-15(19(16)22-20(17)18)14-7-4-3-5-8-14/h3-13H,1-2H3. The Morgan fingerprint density at radius 3 is 2.41 bits per heavy atom. The summed E-state index contributed by atoms with van der Waals surface area (Å²) in [6.45, 7) is 4.34. The number of para-hydroxylation sites is 1. The minimum atomic E-state index is 0.386. The molecule has 0 aliphatic rings. The zero-order chi connectivity index (χ0) is 15.1. The van der Waals surface area contributed by atoms with Crippen molar-refractivity contribution in [3.05, 3.63) is 66.5 Å². The predicted molar refractivity (Wildman–Crippen MR) is 91.0 cm³/mol. The van der Waals surface area contributed by atoms with Gasteiger partial charge in [0.25, 0.3) is 0 Å². The molecule has 2 aromatic carbocycles. The van der Waals surface area contributed by atoms with Crippen LogP contribution in [0.25, 0.3) is 33.1 Å². The average molecular weight is 287 g/mol. The Balaban J connectivity index is 2.10. The molecule has 0 amide bonds. The second-order valence-corrected chi connectivity index (χ2v) is 5.91. The first-order valence-corrected chi connectivity index (χ1v) is 7.60. The van der Waals surface area contributed by atoms with E-state index in [9.17, 15) is 0 Å². The summed E-state index contributed by atoms with van der Waals surface area (Å²) < 4.78 is 6.29. The third kappa shape index (κ3) is 1.92. The molecule has 4 rings (SSSR count). The van der Waals surface area contributed by atoms with Crippen LogP contribution in [0.4, 0.5) is 0 Å². The van der Waals surface area contributed by atoms with Gasteiger partial charge in [0.15, 0.2) is 0 Å². The molecule has 0 unspecified atom stereocenters. The highest BCUT2D eigenvalue weighted by molar-refractivity contribution is 6.10.